The summed E-state index contributed by atoms with van der Waals surface area (Å²) >= 11 is 14.8. The van der Waals surface area contributed by atoms with Crippen molar-refractivity contribution < 1.29 is 4.74 Å². The van der Waals surface area contributed by atoms with Gasteiger partial charge in [0.25, 0.3) is 0 Å². The lowest BCUT2D eigenvalue weighted by Gasteiger charge is -2.14. The highest BCUT2D eigenvalue weighted by Crippen LogP contribution is 2.41. The summed E-state index contributed by atoms with van der Waals surface area (Å²) in [7, 11) is 0. The minimum atomic E-state index is 0.0917. The number of ether oxygens (including phenoxy) is 1. The van der Waals surface area contributed by atoms with Gasteiger partial charge in [-0.2, -0.15) is 0 Å². The Kier molecular flexibility index (Phi) is 5.13. The maximum Gasteiger partial charge on any atom is 0.124 e. The largest absolute Gasteiger partial charge is 0.494 e. The van der Waals surface area contributed by atoms with Gasteiger partial charge in [0.1, 0.15) is 5.75 Å². The van der Waals surface area contributed by atoms with Crippen LogP contribution in [0.3, 0.4) is 0 Å². The van der Waals surface area contributed by atoms with Crippen LogP contribution in [0.1, 0.15) is 22.2 Å². The molecule has 0 radical (unpaired) electrons. The minimum Gasteiger partial charge on any atom is -0.494 e. The molecule has 0 N–H and O–H groups in total. The maximum absolute atomic E-state index is 5.98. The van der Waals surface area contributed by atoms with E-state index in [0.29, 0.717) is 6.61 Å². The minimum absolute atomic E-state index is 0.0917. The van der Waals surface area contributed by atoms with Crippen LogP contribution in [0.5, 0.6) is 5.75 Å². The SMILES string of the molecule is CCOc1ccc(Br)cc1C(Br)c1ccc(Cl)s1. The molecule has 0 amide bonds. The van der Waals surface area contributed by atoms with Crippen LogP contribution in [0.4, 0.5) is 0 Å². The number of alkyl halides is 1. The zero-order chi connectivity index (χ0) is 13.1. The van der Waals surface area contributed by atoms with Crippen molar-refractivity contribution >= 4 is 54.8 Å². The molecule has 2 aromatic rings. The predicted octanol–water partition coefficient (Wildman–Crippen LogP) is 6.05. The number of hydrogen-bond donors (Lipinski definition) is 0. The summed E-state index contributed by atoms with van der Waals surface area (Å²) in [6.07, 6.45) is 0. The van der Waals surface area contributed by atoms with E-state index in [1.807, 2.05) is 31.2 Å². The van der Waals surface area contributed by atoms with E-state index >= 15 is 0 Å². The summed E-state index contributed by atoms with van der Waals surface area (Å²) in [4.78, 5) is 1.26. The Morgan fingerprint density at radius 1 is 1.33 bits per heavy atom. The normalized spacial score (nSPS) is 12.4. The highest BCUT2D eigenvalue weighted by Gasteiger charge is 2.17. The molecule has 0 spiro atoms. The third-order valence-corrected chi connectivity index (χ3v) is 5.47. The van der Waals surface area contributed by atoms with Crippen LogP contribution in [0.15, 0.2) is 34.8 Å². The van der Waals surface area contributed by atoms with Crippen molar-refractivity contribution in [1.29, 1.82) is 0 Å². The molecule has 1 nitrogen and oxygen atoms in total. The highest BCUT2D eigenvalue weighted by atomic mass is 79.9. The smallest absolute Gasteiger partial charge is 0.124 e. The molecule has 1 aromatic carbocycles. The summed E-state index contributed by atoms with van der Waals surface area (Å²) in [5.41, 5.74) is 1.10. The maximum atomic E-state index is 5.98. The molecule has 1 unspecified atom stereocenters. The van der Waals surface area contributed by atoms with Gasteiger partial charge in [-0.15, -0.1) is 11.3 Å². The van der Waals surface area contributed by atoms with E-state index in [-0.39, 0.29) is 4.83 Å². The Balaban J connectivity index is 2.39. The quantitative estimate of drug-likeness (QED) is 0.558. The number of hydrogen-bond acceptors (Lipinski definition) is 2. The van der Waals surface area contributed by atoms with Crippen molar-refractivity contribution in [2.45, 2.75) is 11.8 Å². The van der Waals surface area contributed by atoms with E-state index in [4.69, 9.17) is 16.3 Å². The number of benzene rings is 1. The van der Waals surface area contributed by atoms with Crippen LogP contribution in [0.2, 0.25) is 4.34 Å². The van der Waals surface area contributed by atoms with Crippen molar-refractivity contribution in [1.82, 2.24) is 0 Å². The predicted molar refractivity (Wildman–Crippen MR) is 85.4 cm³/mol. The second kappa shape index (κ2) is 6.42. The summed E-state index contributed by atoms with van der Waals surface area (Å²) in [5.74, 6) is 0.895. The summed E-state index contributed by atoms with van der Waals surface area (Å²) in [6.45, 7) is 2.64. The lowest BCUT2D eigenvalue weighted by atomic mass is 10.1. The molecular weight excluding hydrogens is 399 g/mol. The van der Waals surface area contributed by atoms with Gasteiger partial charge in [0, 0.05) is 14.9 Å². The van der Waals surface area contributed by atoms with Gasteiger partial charge in [-0.05, 0) is 37.3 Å². The van der Waals surface area contributed by atoms with Crippen LogP contribution in [0, 0.1) is 0 Å². The molecule has 1 heterocycles. The first-order valence-corrected chi connectivity index (χ1v) is 8.33. The van der Waals surface area contributed by atoms with Gasteiger partial charge in [-0.1, -0.05) is 43.5 Å². The molecule has 0 aliphatic rings. The molecule has 5 heteroatoms. The van der Waals surface area contributed by atoms with Gasteiger partial charge >= 0.3 is 0 Å². The van der Waals surface area contributed by atoms with Gasteiger partial charge < -0.3 is 4.74 Å². The van der Waals surface area contributed by atoms with E-state index in [1.165, 1.54) is 4.88 Å². The van der Waals surface area contributed by atoms with Gasteiger partial charge in [-0.3, -0.25) is 0 Å². The van der Waals surface area contributed by atoms with Gasteiger partial charge in [0.05, 0.1) is 15.8 Å². The monoisotopic (exact) mass is 408 g/mol. The van der Waals surface area contributed by atoms with E-state index in [2.05, 4.69) is 37.9 Å². The fourth-order valence-electron chi connectivity index (χ4n) is 1.62. The zero-order valence-electron chi connectivity index (χ0n) is 9.62. The van der Waals surface area contributed by atoms with Gasteiger partial charge in [0.2, 0.25) is 0 Å². The highest BCUT2D eigenvalue weighted by molar-refractivity contribution is 9.10. The lowest BCUT2D eigenvalue weighted by Crippen LogP contribution is -1.98. The third-order valence-electron chi connectivity index (χ3n) is 2.39. The van der Waals surface area contributed by atoms with E-state index in [0.717, 1.165) is 20.1 Å². The topological polar surface area (TPSA) is 9.23 Å². The summed E-state index contributed by atoms with van der Waals surface area (Å²) in [6, 6.07) is 9.97. The molecule has 96 valence electrons. The van der Waals surface area contributed by atoms with Gasteiger partial charge in [0.15, 0.2) is 0 Å². The molecular formula is C13H11Br2ClOS. The first-order valence-electron chi connectivity index (χ1n) is 5.43. The molecule has 1 aromatic heterocycles. The van der Waals surface area contributed by atoms with Crippen LogP contribution >= 0.6 is 54.8 Å². The molecule has 2 rings (SSSR count). The average Bonchev–Trinajstić information content (AvgIpc) is 2.77. The molecule has 0 fully saturated rings. The third kappa shape index (κ3) is 3.29. The van der Waals surface area contributed by atoms with Crippen LogP contribution in [0.25, 0.3) is 0 Å². The summed E-state index contributed by atoms with van der Waals surface area (Å²) < 4.78 is 7.49. The van der Waals surface area contributed by atoms with Crippen LogP contribution < -0.4 is 4.74 Å². The fourth-order valence-corrected chi connectivity index (χ4v) is 3.85. The number of rotatable bonds is 4. The Hall–Kier alpha value is -0.0300. The Morgan fingerprint density at radius 2 is 2.11 bits per heavy atom. The van der Waals surface area contributed by atoms with Crippen molar-refractivity contribution in [3.05, 3.63) is 49.6 Å². The lowest BCUT2D eigenvalue weighted by molar-refractivity contribution is 0.337. The number of halogens is 3. The number of thiophene rings is 1. The second-order valence-electron chi connectivity index (χ2n) is 3.62. The van der Waals surface area contributed by atoms with Crippen molar-refractivity contribution in [3.8, 4) is 5.75 Å². The molecule has 0 saturated heterocycles. The Bertz CT molecular complexity index is 542. The molecule has 18 heavy (non-hydrogen) atoms. The summed E-state index contributed by atoms with van der Waals surface area (Å²) in [5, 5.41) is 0. The zero-order valence-corrected chi connectivity index (χ0v) is 14.4. The molecule has 1 atom stereocenters. The second-order valence-corrected chi connectivity index (χ2v) is 7.20. The Labute approximate surface area is 132 Å². The molecule has 0 saturated carbocycles. The average molecular weight is 411 g/mol. The molecule has 0 aliphatic heterocycles. The van der Waals surface area contributed by atoms with E-state index in [1.54, 1.807) is 11.3 Å². The first-order chi connectivity index (χ1) is 8.61. The van der Waals surface area contributed by atoms with E-state index < -0.39 is 0 Å². The van der Waals surface area contributed by atoms with Gasteiger partial charge in [-0.25, -0.2) is 0 Å². The Morgan fingerprint density at radius 3 is 2.72 bits per heavy atom. The van der Waals surface area contributed by atoms with E-state index in [9.17, 15) is 0 Å². The van der Waals surface area contributed by atoms with Crippen molar-refractivity contribution in [3.63, 3.8) is 0 Å². The molecule has 0 bridgehead atoms. The first kappa shape index (κ1) is 14.4. The van der Waals surface area contributed by atoms with Crippen molar-refractivity contribution in [2.24, 2.45) is 0 Å². The van der Waals surface area contributed by atoms with Crippen LogP contribution in [-0.4, -0.2) is 6.61 Å². The fraction of sp³-hybridized carbons (Fsp3) is 0.231. The van der Waals surface area contributed by atoms with Crippen LogP contribution in [-0.2, 0) is 0 Å². The molecule has 0 aliphatic carbocycles. The standard InChI is InChI=1S/C13H11Br2ClOS/c1-2-17-10-4-3-8(14)7-9(10)13(15)11-5-6-12(16)18-11/h3-7,13H,2H2,1H3. The van der Waals surface area contributed by atoms with Crippen molar-refractivity contribution in [2.75, 3.05) is 6.61 Å².